The lowest BCUT2D eigenvalue weighted by Gasteiger charge is -2.14. The molecule has 3 aromatic rings. The average Bonchev–Trinajstić information content (AvgIpc) is 3.13. The SMILES string of the molecule is COc1ccc(F)cc1C(=O)N[C@@H]1COc2cc(-c3nn(CC4CC4(F)F)c(N)c3C(N)=O)ccc21. The van der Waals surface area contributed by atoms with E-state index >= 15 is 0 Å². The standard InChI is InChI=1S/C24H22F3N5O4/c1-35-17-5-3-13(25)7-15(17)23(34)30-16-10-36-18-6-11(2-4-14(16)18)20-19(22(29)33)21(28)32(31-20)9-12-8-24(12,26)27/h2-7,12,16H,8-10,28H2,1H3,(H2,29,33)(H,30,34)/t12?,16-/m1/s1. The lowest BCUT2D eigenvalue weighted by Crippen LogP contribution is -2.29. The third kappa shape index (κ3) is 4.08. The Morgan fingerprint density at radius 3 is 2.69 bits per heavy atom. The van der Waals surface area contributed by atoms with Gasteiger partial charge in [0.15, 0.2) is 0 Å². The summed E-state index contributed by atoms with van der Waals surface area (Å²) in [5.41, 5.74) is 12.7. The molecule has 0 saturated heterocycles. The monoisotopic (exact) mass is 501 g/mol. The minimum Gasteiger partial charge on any atom is -0.496 e. The second kappa shape index (κ2) is 8.47. The van der Waals surface area contributed by atoms with Crippen LogP contribution in [0.25, 0.3) is 11.3 Å². The van der Waals surface area contributed by atoms with Crippen LogP contribution in [0.5, 0.6) is 11.5 Å². The maximum absolute atomic E-state index is 13.7. The van der Waals surface area contributed by atoms with E-state index in [0.717, 1.165) is 6.07 Å². The molecule has 36 heavy (non-hydrogen) atoms. The van der Waals surface area contributed by atoms with Crippen LogP contribution < -0.4 is 26.3 Å². The maximum atomic E-state index is 13.7. The average molecular weight is 501 g/mol. The lowest BCUT2D eigenvalue weighted by atomic mass is 10.0. The number of carbonyl (C=O) groups is 2. The number of alkyl halides is 2. The van der Waals surface area contributed by atoms with Crippen molar-refractivity contribution in [3.8, 4) is 22.8 Å². The molecular formula is C24H22F3N5O4. The van der Waals surface area contributed by atoms with Gasteiger partial charge in [0, 0.05) is 23.5 Å². The summed E-state index contributed by atoms with van der Waals surface area (Å²) in [7, 11) is 1.38. The summed E-state index contributed by atoms with van der Waals surface area (Å²) in [4.78, 5) is 24.9. The fraction of sp³-hybridized carbons (Fsp3) is 0.292. The van der Waals surface area contributed by atoms with Crippen molar-refractivity contribution in [2.24, 2.45) is 11.7 Å². The van der Waals surface area contributed by atoms with Gasteiger partial charge in [-0.2, -0.15) is 5.10 Å². The van der Waals surface area contributed by atoms with E-state index in [1.165, 1.54) is 23.9 Å². The van der Waals surface area contributed by atoms with Crippen molar-refractivity contribution in [3.05, 3.63) is 58.9 Å². The van der Waals surface area contributed by atoms with Gasteiger partial charge in [-0.25, -0.2) is 17.9 Å². The molecule has 2 aliphatic rings. The van der Waals surface area contributed by atoms with Crippen molar-refractivity contribution in [2.75, 3.05) is 19.5 Å². The highest BCUT2D eigenvalue weighted by Crippen LogP contribution is 2.50. The molecule has 2 atom stereocenters. The molecule has 12 heteroatoms. The van der Waals surface area contributed by atoms with Crippen molar-refractivity contribution >= 4 is 17.6 Å². The first-order valence-corrected chi connectivity index (χ1v) is 11.0. The number of nitrogens with zero attached hydrogens (tertiary/aromatic N) is 2. The molecule has 1 aliphatic heterocycles. The Labute approximate surface area is 203 Å². The first kappa shape index (κ1) is 23.5. The largest absolute Gasteiger partial charge is 0.496 e. The van der Waals surface area contributed by atoms with Crippen LogP contribution in [0.2, 0.25) is 0 Å². The molecule has 1 aliphatic carbocycles. The molecule has 0 bridgehead atoms. The number of aromatic nitrogens is 2. The normalized spacial score (nSPS) is 19.3. The summed E-state index contributed by atoms with van der Waals surface area (Å²) in [5.74, 6) is -5.09. The van der Waals surface area contributed by atoms with E-state index in [1.54, 1.807) is 18.2 Å². The number of methoxy groups -OCH3 is 1. The number of nitrogen functional groups attached to an aromatic ring is 1. The number of primary amides is 1. The summed E-state index contributed by atoms with van der Waals surface area (Å²) >= 11 is 0. The van der Waals surface area contributed by atoms with Gasteiger partial charge in [-0.15, -0.1) is 0 Å². The number of ether oxygens (including phenoxy) is 2. The number of anilines is 1. The molecule has 2 amide bonds. The number of amides is 2. The number of hydrogen-bond donors (Lipinski definition) is 3. The third-order valence-electron chi connectivity index (χ3n) is 6.37. The molecule has 5 rings (SSSR count). The van der Waals surface area contributed by atoms with Crippen LogP contribution in [0.4, 0.5) is 19.0 Å². The zero-order valence-electron chi connectivity index (χ0n) is 19.1. The molecule has 0 spiro atoms. The summed E-state index contributed by atoms with van der Waals surface area (Å²) < 4.78 is 52.5. The minimum atomic E-state index is -2.78. The van der Waals surface area contributed by atoms with Gasteiger partial charge in [-0.05, 0) is 24.3 Å². The Hall–Kier alpha value is -4.22. The number of nitrogens with one attached hydrogen (secondary N) is 1. The molecule has 1 fully saturated rings. The Kier molecular flexibility index (Phi) is 5.53. The molecular weight excluding hydrogens is 479 g/mol. The number of rotatable bonds is 7. The molecule has 1 saturated carbocycles. The molecule has 188 valence electrons. The van der Waals surface area contributed by atoms with Gasteiger partial charge < -0.3 is 26.3 Å². The minimum absolute atomic E-state index is 0.0379. The third-order valence-corrected chi connectivity index (χ3v) is 6.37. The van der Waals surface area contributed by atoms with Gasteiger partial charge in [0.25, 0.3) is 17.7 Å². The van der Waals surface area contributed by atoms with Crippen LogP contribution in [0.1, 0.15) is 38.7 Å². The Balaban J connectivity index is 1.41. The van der Waals surface area contributed by atoms with Crippen molar-refractivity contribution < 1.29 is 32.2 Å². The van der Waals surface area contributed by atoms with Gasteiger partial charge in [0.2, 0.25) is 0 Å². The number of halogens is 3. The molecule has 9 nitrogen and oxygen atoms in total. The van der Waals surface area contributed by atoms with E-state index in [-0.39, 0.29) is 48.0 Å². The van der Waals surface area contributed by atoms with E-state index in [0.29, 0.717) is 16.9 Å². The van der Waals surface area contributed by atoms with E-state index in [9.17, 15) is 22.8 Å². The van der Waals surface area contributed by atoms with Crippen molar-refractivity contribution in [1.82, 2.24) is 15.1 Å². The Morgan fingerprint density at radius 1 is 1.28 bits per heavy atom. The summed E-state index contributed by atoms with van der Waals surface area (Å²) in [6.07, 6.45) is -0.269. The molecule has 1 aromatic heterocycles. The predicted molar refractivity (Wildman–Crippen MR) is 122 cm³/mol. The molecule has 1 unspecified atom stereocenters. The fourth-order valence-electron chi connectivity index (χ4n) is 4.31. The number of benzene rings is 2. The molecule has 2 aromatic carbocycles. The Morgan fingerprint density at radius 2 is 2.03 bits per heavy atom. The maximum Gasteiger partial charge on any atom is 0.255 e. The molecule has 2 heterocycles. The van der Waals surface area contributed by atoms with Crippen molar-refractivity contribution in [2.45, 2.75) is 24.9 Å². The van der Waals surface area contributed by atoms with Gasteiger partial charge >= 0.3 is 0 Å². The van der Waals surface area contributed by atoms with Gasteiger partial charge in [0.1, 0.15) is 41.0 Å². The fourth-order valence-corrected chi connectivity index (χ4v) is 4.31. The highest BCUT2D eigenvalue weighted by atomic mass is 19.3. The predicted octanol–water partition coefficient (Wildman–Crippen LogP) is 2.90. The first-order chi connectivity index (χ1) is 17.1. The zero-order valence-corrected chi connectivity index (χ0v) is 19.1. The quantitative estimate of drug-likeness (QED) is 0.456. The van der Waals surface area contributed by atoms with E-state index in [2.05, 4.69) is 10.4 Å². The number of fused-ring (bicyclic) bond motifs is 1. The topological polar surface area (TPSA) is 134 Å². The number of carbonyl (C=O) groups excluding carboxylic acids is 2. The van der Waals surface area contributed by atoms with Crippen LogP contribution in [-0.4, -0.2) is 41.2 Å². The van der Waals surface area contributed by atoms with Crippen LogP contribution >= 0.6 is 0 Å². The van der Waals surface area contributed by atoms with Crippen LogP contribution in [0.15, 0.2) is 36.4 Å². The summed E-state index contributed by atoms with van der Waals surface area (Å²) in [6, 6.07) is 8.02. The lowest BCUT2D eigenvalue weighted by molar-refractivity contribution is 0.0923. The van der Waals surface area contributed by atoms with E-state index < -0.39 is 35.5 Å². The first-order valence-electron chi connectivity index (χ1n) is 11.0. The summed E-state index contributed by atoms with van der Waals surface area (Å²) in [6.45, 7) is -0.0314. The van der Waals surface area contributed by atoms with Gasteiger partial charge in [-0.1, -0.05) is 12.1 Å². The second-order valence-electron chi connectivity index (χ2n) is 8.75. The van der Waals surface area contributed by atoms with Crippen molar-refractivity contribution in [1.29, 1.82) is 0 Å². The van der Waals surface area contributed by atoms with E-state index in [1.807, 2.05) is 0 Å². The summed E-state index contributed by atoms with van der Waals surface area (Å²) in [5, 5.41) is 7.09. The highest BCUT2D eigenvalue weighted by molar-refractivity contribution is 6.03. The van der Waals surface area contributed by atoms with Crippen LogP contribution in [0, 0.1) is 11.7 Å². The second-order valence-corrected chi connectivity index (χ2v) is 8.75. The van der Waals surface area contributed by atoms with Crippen molar-refractivity contribution in [3.63, 3.8) is 0 Å². The Bertz CT molecular complexity index is 1390. The van der Waals surface area contributed by atoms with Gasteiger partial charge in [-0.3, -0.25) is 9.59 Å². The smallest absolute Gasteiger partial charge is 0.255 e. The number of nitrogens with two attached hydrogens (primary N) is 2. The van der Waals surface area contributed by atoms with Crippen LogP contribution in [0.3, 0.4) is 0 Å². The zero-order chi connectivity index (χ0) is 25.8. The highest BCUT2D eigenvalue weighted by Gasteiger charge is 2.57. The molecule has 0 radical (unpaired) electrons. The van der Waals surface area contributed by atoms with Crippen LogP contribution in [-0.2, 0) is 6.54 Å². The number of hydrogen-bond acceptors (Lipinski definition) is 6. The van der Waals surface area contributed by atoms with Gasteiger partial charge in [0.05, 0.1) is 25.3 Å². The molecule has 5 N–H and O–H groups in total. The van der Waals surface area contributed by atoms with E-state index in [4.69, 9.17) is 20.9 Å².